The molecule has 2 heterocycles. The van der Waals surface area contributed by atoms with Crippen molar-refractivity contribution in [3.8, 4) is 22.5 Å². The number of benzene rings is 4. The second-order valence-corrected chi connectivity index (χ2v) is 20.2. The van der Waals surface area contributed by atoms with E-state index in [1.165, 1.54) is 23.3 Å². The van der Waals surface area contributed by atoms with Crippen LogP contribution in [0.1, 0.15) is 120 Å². The van der Waals surface area contributed by atoms with Gasteiger partial charge in [-0.25, -0.2) is 28.2 Å². The third-order valence-corrected chi connectivity index (χ3v) is 13.9. The minimum atomic E-state index is -4.08. The second kappa shape index (κ2) is 25.1. The molecule has 360 valence electrons. The quantitative estimate of drug-likeness (QED) is 0.0730. The number of nitrogens with one attached hydrogen (secondary N) is 1. The van der Waals surface area contributed by atoms with E-state index in [0.717, 1.165) is 87.3 Å². The van der Waals surface area contributed by atoms with Crippen LogP contribution in [0.2, 0.25) is 0 Å². The Hall–Kier alpha value is -6.68. The van der Waals surface area contributed by atoms with Gasteiger partial charge in [-0.05, 0) is 123 Å². The number of carbonyl (C=O) groups excluding carboxylic acids is 3. The Balaban J connectivity index is 0.000000189. The fraction of sp³-hybridized carbons (Fsp3) is 0.296. The number of rotatable bonds is 17. The number of Topliss-reactive ketones (excluding diaryl/α,β-unsaturated/α-hetero) is 2. The van der Waals surface area contributed by atoms with Crippen LogP contribution in [-0.2, 0) is 55.3 Å². The Labute approximate surface area is 404 Å². The number of nitrogens with two attached hydrogens (primary N) is 1. The standard InChI is InChI=1S/C27H28N2O4S.C15H14N2O3S.C12H16O2/c30-25-14-7-12-21-17-18-22(19-23(21)25)24-13-8-16-27(28-24)34(32,33)29-26(31)15-6-2-5-11-20-9-3-1-4-10-20;16-21(19,20)15-6-2-4-13(17-15)11-8-7-10-3-1-5-14(18)12(10)9-11;13-12(14)10-6-2-5-9-11-7-3-1-4-8-11/h1,3-4,8-10,13,16-19H,2,5-7,11-12,14-15H2,(H,29,31);2,4,6-9H,1,3,5H2,(H2,16,19,20);1,3-4,7-8H,2,5-6,9-10H2,(H,13,14). The molecule has 6 aromatic rings. The Morgan fingerprint density at radius 2 is 1.00 bits per heavy atom. The first-order chi connectivity index (χ1) is 33.2. The van der Waals surface area contributed by atoms with Crippen LogP contribution in [0.3, 0.4) is 0 Å². The third kappa shape index (κ3) is 15.9. The van der Waals surface area contributed by atoms with Crippen LogP contribution < -0.4 is 9.86 Å². The number of carboxylic acids is 1. The van der Waals surface area contributed by atoms with E-state index in [-0.39, 0.29) is 28.0 Å². The molecule has 69 heavy (non-hydrogen) atoms. The molecule has 0 saturated carbocycles. The number of pyridine rings is 2. The number of carbonyl (C=O) groups is 4. The number of amides is 1. The van der Waals surface area contributed by atoms with Crippen molar-refractivity contribution in [2.75, 3.05) is 0 Å². The maximum atomic E-state index is 12.7. The molecule has 2 aliphatic rings. The van der Waals surface area contributed by atoms with Gasteiger partial charge in [0.15, 0.2) is 21.6 Å². The highest BCUT2D eigenvalue weighted by Gasteiger charge is 2.22. The van der Waals surface area contributed by atoms with Crippen LogP contribution in [0.4, 0.5) is 0 Å². The molecule has 0 unspecified atom stereocenters. The van der Waals surface area contributed by atoms with E-state index in [9.17, 15) is 36.0 Å². The Morgan fingerprint density at radius 1 is 0.536 bits per heavy atom. The molecule has 0 saturated heterocycles. The Morgan fingerprint density at radius 3 is 1.48 bits per heavy atom. The number of unbranched alkanes of at least 4 members (excludes halogenated alkanes) is 4. The van der Waals surface area contributed by atoms with Crippen molar-refractivity contribution in [2.45, 2.75) is 113 Å². The van der Waals surface area contributed by atoms with Gasteiger partial charge in [-0.2, -0.15) is 8.42 Å². The van der Waals surface area contributed by atoms with Crippen molar-refractivity contribution < 1.29 is 41.1 Å². The Kier molecular flexibility index (Phi) is 18.8. The molecule has 2 aromatic heterocycles. The average Bonchev–Trinajstić information content (AvgIpc) is 3.34. The summed E-state index contributed by atoms with van der Waals surface area (Å²) >= 11 is 0. The van der Waals surface area contributed by atoms with E-state index in [2.05, 4.69) is 39.0 Å². The SMILES string of the molecule is NS(=O)(=O)c1cccc(-c2ccc3c(c2)C(=O)CCC3)n1.O=C(CCCCCc1ccccc1)NS(=O)(=O)c1cccc(-c2ccc3c(c2)C(=O)CCC3)n1.O=C(O)CCCCCc1ccccc1. The van der Waals surface area contributed by atoms with Crippen LogP contribution in [0.15, 0.2) is 144 Å². The highest BCUT2D eigenvalue weighted by molar-refractivity contribution is 7.90. The largest absolute Gasteiger partial charge is 0.481 e. The summed E-state index contributed by atoms with van der Waals surface area (Å²) in [5.74, 6) is -1.00. The number of nitrogens with zero attached hydrogens (tertiary/aromatic N) is 2. The molecule has 2 aliphatic carbocycles. The summed E-state index contributed by atoms with van der Waals surface area (Å²) in [5, 5.41) is 13.1. The van der Waals surface area contributed by atoms with E-state index in [0.29, 0.717) is 53.8 Å². The lowest BCUT2D eigenvalue weighted by molar-refractivity contribution is -0.137. The molecule has 4 aromatic carbocycles. The summed E-state index contributed by atoms with van der Waals surface area (Å²) in [4.78, 5) is 55.0. The first kappa shape index (κ1) is 51.7. The summed E-state index contributed by atoms with van der Waals surface area (Å²) < 4.78 is 50.3. The molecule has 0 fully saturated rings. The summed E-state index contributed by atoms with van der Waals surface area (Å²) in [6.07, 6.45) is 12.3. The number of ketones is 2. The van der Waals surface area contributed by atoms with Gasteiger partial charge < -0.3 is 5.11 Å². The number of aromatic nitrogens is 2. The van der Waals surface area contributed by atoms with Gasteiger partial charge in [0.05, 0.1) is 11.4 Å². The number of aliphatic carboxylic acids is 1. The van der Waals surface area contributed by atoms with Crippen LogP contribution in [0, 0.1) is 0 Å². The van der Waals surface area contributed by atoms with Crippen LogP contribution in [-0.4, -0.2) is 55.4 Å². The molecule has 1 amide bonds. The zero-order valence-electron chi connectivity index (χ0n) is 38.5. The predicted molar refractivity (Wildman–Crippen MR) is 265 cm³/mol. The molecule has 4 N–H and O–H groups in total. The normalized spacial score (nSPS) is 13.1. The lowest BCUT2D eigenvalue weighted by Crippen LogP contribution is -2.31. The molecule has 13 nitrogen and oxygen atoms in total. The molecule has 0 radical (unpaired) electrons. The van der Waals surface area contributed by atoms with Gasteiger partial charge in [0.2, 0.25) is 5.91 Å². The number of hydrogen-bond donors (Lipinski definition) is 3. The topological polar surface area (TPSA) is 221 Å². The van der Waals surface area contributed by atoms with Crippen molar-refractivity contribution in [3.05, 3.63) is 167 Å². The van der Waals surface area contributed by atoms with Crippen molar-refractivity contribution in [2.24, 2.45) is 5.14 Å². The number of sulfonamides is 2. The fourth-order valence-electron chi connectivity index (χ4n) is 8.15. The molecular formula is C54H58N4O9S2. The van der Waals surface area contributed by atoms with Gasteiger partial charge >= 0.3 is 5.97 Å². The molecule has 0 bridgehead atoms. The highest BCUT2D eigenvalue weighted by atomic mass is 32.2. The lowest BCUT2D eigenvalue weighted by atomic mass is 9.89. The number of hydrogen-bond acceptors (Lipinski definition) is 10. The van der Waals surface area contributed by atoms with E-state index < -0.39 is 31.9 Å². The average molecular weight is 971 g/mol. The Bertz CT molecular complexity index is 2960. The molecule has 15 heteroatoms. The fourth-order valence-corrected chi connectivity index (χ4v) is 9.63. The third-order valence-electron chi connectivity index (χ3n) is 11.8. The van der Waals surface area contributed by atoms with Gasteiger partial charge in [-0.15, -0.1) is 0 Å². The number of fused-ring (bicyclic) bond motifs is 2. The number of primary sulfonamides is 1. The molecular weight excluding hydrogens is 913 g/mol. The van der Waals surface area contributed by atoms with Gasteiger partial charge in [0, 0.05) is 47.9 Å². The zero-order valence-corrected chi connectivity index (χ0v) is 40.1. The summed E-state index contributed by atoms with van der Waals surface area (Å²) in [6.45, 7) is 0. The minimum Gasteiger partial charge on any atom is -0.481 e. The summed E-state index contributed by atoms with van der Waals surface area (Å²) in [5.41, 5.74) is 8.36. The van der Waals surface area contributed by atoms with Crippen LogP contribution in [0.25, 0.3) is 22.5 Å². The maximum absolute atomic E-state index is 12.7. The summed E-state index contributed by atoms with van der Waals surface area (Å²) in [6, 6.07) is 40.8. The predicted octanol–water partition coefficient (Wildman–Crippen LogP) is 9.66. The summed E-state index contributed by atoms with van der Waals surface area (Å²) in [7, 11) is -7.92. The van der Waals surface area contributed by atoms with E-state index in [4.69, 9.17) is 10.2 Å². The smallest absolute Gasteiger partial charge is 0.303 e. The van der Waals surface area contributed by atoms with Crippen LogP contribution >= 0.6 is 0 Å². The van der Waals surface area contributed by atoms with Gasteiger partial charge in [0.25, 0.3) is 20.0 Å². The number of carboxylic acid groups (broad SMARTS) is 1. The molecule has 8 rings (SSSR count). The van der Waals surface area contributed by atoms with Gasteiger partial charge in [0.1, 0.15) is 0 Å². The van der Waals surface area contributed by atoms with Gasteiger partial charge in [-0.1, -0.05) is 110 Å². The van der Waals surface area contributed by atoms with E-state index in [1.807, 2.05) is 60.7 Å². The van der Waals surface area contributed by atoms with E-state index in [1.54, 1.807) is 36.4 Å². The van der Waals surface area contributed by atoms with E-state index >= 15 is 0 Å². The van der Waals surface area contributed by atoms with Crippen LogP contribution in [0.5, 0.6) is 0 Å². The number of aryl methyl sites for hydroxylation is 4. The zero-order chi connectivity index (χ0) is 49.2. The first-order valence-corrected chi connectivity index (χ1v) is 26.3. The van der Waals surface area contributed by atoms with Gasteiger partial charge in [-0.3, -0.25) is 19.2 Å². The second-order valence-electron chi connectivity index (χ2n) is 17.1. The molecule has 0 atom stereocenters. The monoisotopic (exact) mass is 970 g/mol. The molecule has 0 spiro atoms. The first-order valence-electron chi connectivity index (χ1n) is 23.3. The van der Waals surface area contributed by atoms with Crippen molar-refractivity contribution >= 4 is 43.5 Å². The van der Waals surface area contributed by atoms with Crippen molar-refractivity contribution in [3.63, 3.8) is 0 Å². The maximum Gasteiger partial charge on any atom is 0.303 e. The highest BCUT2D eigenvalue weighted by Crippen LogP contribution is 2.29. The van der Waals surface area contributed by atoms with Crippen molar-refractivity contribution in [1.29, 1.82) is 0 Å². The van der Waals surface area contributed by atoms with Crippen molar-refractivity contribution in [1.82, 2.24) is 14.7 Å². The molecule has 0 aliphatic heterocycles. The minimum absolute atomic E-state index is 0.0999. The lowest BCUT2D eigenvalue weighted by Gasteiger charge is -2.15.